The fourth-order valence-corrected chi connectivity index (χ4v) is 4.81. The monoisotopic (exact) mass is 562 g/mol. The van der Waals surface area contributed by atoms with Gasteiger partial charge in [-0.25, -0.2) is 4.98 Å². The lowest BCUT2D eigenvalue weighted by Crippen LogP contribution is -2.17. The van der Waals surface area contributed by atoms with Crippen molar-refractivity contribution in [3.8, 4) is 11.4 Å². The summed E-state index contributed by atoms with van der Waals surface area (Å²) in [4.78, 5) is 15.1. The second-order valence-electron chi connectivity index (χ2n) is 8.92. The van der Waals surface area contributed by atoms with Crippen LogP contribution in [0.3, 0.4) is 0 Å². The molecular weight excluding hydrogens is 541 g/mol. The van der Waals surface area contributed by atoms with E-state index in [2.05, 4.69) is 15.2 Å². The van der Waals surface area contributed by atoms with Crippen LogP contribution in [0.4, 0.5) is 13.2 Å². The Bertz CT molecular complexity index is 1530. The Balaban J connectivity index is 1.67. The van der Waals surface area contributed by atoms with Crippen LogP contribution in [-0.2, 0) is 28.5 Å². The molecule has 13 heteroatoms. The molecule has 0 spiro atoms. The van der Waals surface area contributed by atoms with E-state index in [1.54, 1.807) is 24.3 Å². The molecule has 2 aromatic heterocycles. The number of aromatic nitrogens is 4. The number of halogens is 4. The number of hydrogen-bond acceptors (Lipinski definition) is 7. The number of fused-ring (bicyclic) bond motifs is 3. The zero-order valence-corrected chi connectivity index (χ0v) is 21.5. The minimum Gasteiger partial charge on any atom is -0.496 e. The molecule has 0 saturated heterocycles. The van der Waals surface area contributed by atoms with Gasteiger partial charge in [-0.15, -0.1) is 10.2 Å². The van der Waals surface area contributed by atoms with Crippen molar-refractivity contribution < 1.29 is 37.0 Å². The number of oxazole rings is 1. The average molecular weight is 563 g/mol. The van der Waals surface area contributed by atoms with Crippen LogP contribution in [0.5, 0.6) is 5.75 Å². The smallest absolute Gasteiger partial charge is 0.452 e. The van der Waals surface area contributed by atoms with Crippen molar-refractivity contribution in [2.75, 3.05) is 7.11 Å². The second kappa shape index (κ2) is 10.3. The first kappa shape index (κ1) is 26.7. The summed E-state index contributed by atoms with van der Waals surface area (Å²) in [5, 5.41) is 16.6. The third-order valence-corrected chi connectivity index (χ3v) is 6.65. The van der Waals surface area contributed by atoms with Gasteiger partial charge in [-0.2, -0.15) is 13.2 Å². The number of ether oxygens (including phenoxy) is 2. The van der Waals surface area contributed by atoms with E-state index in [1.165, 1.54) is 25.4 Å². The minimum absolute atomic E-state index is 0.0930. The van der Waals surface area contributed by atoms with Crippen LogP contribution in [0.25, 0.3) is 5.69 Å². The molecule has 9 nitrogen and oxygen atoms in total. The summed E-state index contributed by atoms with van der Waals surface area (Å²) in [5.41, 5.74) is 1.93. The van der Waals surface area contributed by atoms with Crippen LogP contribution in [0.1, 0.15) is 58.6 Å². The Morgan fingerprint density at radius 2 is 2.00 bits per heavy atom. The number of aryl methyl sites for hydroxylation is 1. The minimum atomic E-state index is -4.81. The summed E-state index contributed by atoms with van der Waals surface area (Å²) >= 11 is 6.32. The van der Waals surface area contributed by atoms with Gasteiger partial charge >= 0.3 is 12.1 Å². The molecule has 4 aromatic rings. The van der Waals surface area contributed by atoms with Gasteiger partial charge in [0.15, 0.2) is 11.7 Å². The molecule has 0 radical (unpaired) electrons. The quantitative estimate of drug-likeness (QED) is 0.307. The van der Waals surface area contributed by atoms with E-state index < -0.39 is 30.2 Å². The van der Waals surface area contributed by atoms with Gasteiger partial charge in [-0.3, -0.25) is 9.36 Å². The van der Waals surface area contributed by atoms with Gasteiger partial charge in [0, 0.05) is 17.0 Å². The largest absolute Gasteiger partial charge is 0.496 e. The third kappa shape index (κ3) is 5.21. The first-order chi connectivity index (χ1) is 18.6. The molecule has 0 amide bonds. The topological polar surface area (TPSA) is 112 Å². The molecule has 0 bridgehead atoms. The fourth-order valence-electron chi connectivity index (χ4n) is 4.63. The maximum Gasteiger partial charge on any atom is 0.452 e. The first-order valence-electron chi connectivity index (χ1n) is 11.8. The normalized spacial score (nSPS) is 16.9. The number of rotatable bonds is 7. The maximum atomic E-state index is 14.1. The summed E-state index contributed by atoms with van der Waals surface area (Å²) in [6, 6.07) is 9.86. The van der Waals surface area contributed by atoms with E-state index in [4.69, 9.17) is 30.6 Å². The van der Waals surface area contributed by atoms with Crippen molar-refractivity contribution in [2.45, 2.75) is 44.6 Å². The number of carboxylic acid groups (broad SMARTS) is 1. The summed E-state index contributed by atoms with van der Waals surface area (Å²) in [7, 11) is 1.52. The Kier molecular flexibility index (Phi) is 7.08. The standard InChI is InChI=1S/C26H22ClF3N4O5/c1-13-16(4-3-5-19(13)37-2)23-17-10-14(27)6-8-18(17)34-24(32-33-25(34)26(28,29)30)20(39-23)11-21-31-12-15(38-21)7-9-22(35)36/h3-6,8,10,12,20,23H,7,9,11H2,1-2H3,(H,35,36)/t20-,23-/m1/s1. The van der Waals surface area contributed by atoms with Gasteiger partial charge in [0.2, 0.25) is 5.82 Å². The highest BCUT2D eigenvalue weighted by molar-refractivity contribution is 6.30. The Morgan fingerprint density at radius 1 is 1.21 bits per heavy atom. The molecule has 0 fully saturated rings. The summed E-state index contributed by atoms with van der Waals surface area (Å²) < 4.78 is 61.0. The number of carboxylic acids is 1. The number of aliphatic carboxylic acids is 1. The van der Waals surface area contributed by atoms with Crippen LogP contribution in [0, 0.1) is 6.92 Å². The molecule has 1 N–H and O–H groups in total. The molecule has 1 aliphatic rings. The number of alkyl halides is 3. The predicted molar refractivity (Wildman–Crippen MR) is 131 cm³/mol. The molecule has 1 aliphatic heterocycles. The Morgan fingerprint density at radius 3 is 2.72 bits per heavy atom. The fraction of sp³-hybridized carbons (Fsp3) is 0.308. The molecule has 2 aromatic carbocycles. The highest BCUT2D eigenvalue weighted by Crippen LogP contribution is 2.45. The number of carbonyl (C=O) groups is 1. The van der Waals surface area contributed by atoms with Gasteiger partial charge in [-0.1, -0.05) is 23.7 Å². The lowest BCUT2D eigenvalue weighted by atomic mass is 9.95. The second-order valence-corrected chi connectivity index (χ2v) is 9.35. The van der Waals surface area contributed by atoms with Crippen LogP contribution in [0.2, 0.25) is 5.02 Å². The lowest BCUT2D eigenvalue weighted by molar-refractivity contribution is -0.146. The molecule has 204 valence electrons. The first-order valence-corrected chi connectivity index (χ1v) is 12.2. The summed E-state index contributed by atoms with van der Waals surface area (Å²) in [5.74, 6) is -1.26. The van der Waals surface area contributed by atoms with Crippen LogP contribution in [0.15, 0.2) is 47.0 Å². The van der Waals surface area contributed by atoms with Gasteiger partial charge in [-0.05, 0) is 42.3 Å². The van der Waals surface area contributed by atoms with E-state index in [1.807, 2.05) is 6.92 Å². The van der Waals surface area contributed by atoms with Gasteiger partial charge < -0.3 is 19.0 Å². The van der Waals surface area contributed by atoms with Gasteiger partial charge in [0.25, 0.3) is 0 Å². The summed E-state index contributed by atoms with van der Waals surface area (Å²) in [6.45, 7) is 1.83. The zero-order valence-electron chi connectivity index (χ0n) is 20.7. The molecule has 2 atom stereocenters. The molecule has 3 heterocycles. The molecular formula is C26H22ClF3N4O5. The van der Waals surface area contributed by atoms with Crippen molar-refractivity contribution >= 4 is 17.6 Å². The highest BCUT2D eigenvalue weighted by atomic mass is 35.5. The van der Waals surface area contributed by atoms with Crippen LogP contribution >= 0.6 is 11.6 Å². The molecule has 0 unspecified atom stereocenters. The van der Waals surface area contributed by atoms with E-state index in [9.17, 15) is 18.0 Å². The Labute approximate surface area is 225 Å². The van der Waals surface area contributed by atoms with Crippen molar-refractivity contribution in [2.24, 2.45) is 0 Å². The molecule has 0 saturated carbocycles. The molecule has 5 rings (SSSR count). The Hall–Kier alpha value is -3.90. The number of benzene rings is 2. The average Bonchev–Trinajstić information content (AvgIpc) is 3.50. The van der Waals surface area contributed by atoms with E-state index in [0.717, 1.165) is 10.1 Å². The lowest BCUT2D eigenvalue weighted by Gasteiger charge is -2.24. The van der Waals surface area contributed by atoms with E-state index in [-0.39, 0.29) is 36.7 Å². The maximum absolute atomic E-state index is 14.1. The predicted octanol–water partition coefficient (Wildman–Crippen LogP) is 5.67. The highest BCUT2D eigenvalue weighted by Gasteiger charge is 2.43. The van der Waals surface area contributed by atoms with E-state index >= 15 is 0 Å². The number of hydrogen-bond donors (Lipinski definition) is 1. The van der Waals surface area contributed by atoms with Crippen molar-refractivity contribution in [1.82, 2.24) is 19.7 Å². The molecule has 0 aliphatic carbocycles. The van der Waals surface area contributed by atoms with Crippen LogP contribution in [-0.4, -0.2) is 37.9 Å². The SMILES string of the molecule is COc1cccc([C@H]2O[C@H](Cc3ncc(CCC(=O)O)o3)c3nnc(C(F)(F)F)n3-c3ccc(Cl)cc32)c1C. The van der Waals surface area contributed by atoms with Gasteiger partial charge in [0.1, 0.15) is 23.7 Å². The van der Waals surface area contributed by atoms with E-state index in [0.29, 0.717) is 27.7 Å². The number of nitrogens with zero attached hydrogens (tertiary/aromatic N) is 4. The van der Waals surface area contributed by atoms with Crippen LogP contribution < -0.4 is 4.74 Å². The van der Waals surface area contributed by atoms with Crippen molar-refractivity contribution in [3.63, 3.8) is 0 Å². The number of methoxy groups -OCH3 is 1. The summed E-state index contributed by atoms with van der Waals surface area (Å²) in [6.07, 6.45) is -5.53. The van der Waals surface area contributed by atoms with Crippen molar-refractivity contribution in [3.05, 3.63) is 87.6 Å². The third-order valence-electron chi connectivity index (χ3n) is 6.42. The van der Waals surface area contributed by atoms with Gasteiger partial charge in [0.05, 0.1) is 31.8 Å². The van der Waals surface area contributed by atoms with Crippen molar-refractivity contribution in [1.29, 1.82) is 0 Å². The molecule has 39 heavy (non-hydrogen) atoms. The zero-order chi connectivity index (χ0) is 27.9.